The molecule has 0 amide bonds. The van der Waals surface area contributed by atoms with E-state index in [0.717, 1.165) is 23.5 Å². The van der Waals surface area contributed by atoms with Crippen molar-refractivity contribution in [3.63, 3.8) is 0 Å². The summed E-state index contributed by atoms with van der Waals surface area (Å²) in [4.78, 5) is 5.64. The van der Waals surface area contributed by atoms with Crippen molar-refractivity contribution in [2.45, 2.75) is 45.2 Å². The average Bonchev–Trinajstić information content (AvgIpc) is 2.84. The molecule has 1 aromatic rings. The lowest BCUT2D eigenvalue weighted by molar-refractivity contribution is 0.411. The van der Waals surface area contributed by atoms with Gasteiger partial charge in [0.1, 0.15) is 0 Å². The van der Waals surface area contributed by atoms with Crippen LogP contribution in [-0.2, 0) is 6.54 Å². The van der Waals surface area contributed by atoms with E-state index in [9.17, 15) is 0 Å². The van der Waals surface area contributed by atoms with E-state index in [4.69, 9.17) is 4.74 Å². The van der Waals surface area contributed by atoms with Gasteiger partial charge >= 0.3 is 0 Å². The summed E-state index contributed by atoms with van der Waals surface area (Å²) in [7, 11) is 1.67. The van der Waals surface area contributed by atoms with Crippen LogP contribution in [0.5, 0.6) is 5.19 Å². The van der Waals surface area contributed by atoms with Crippen LogP contribution < -0.4 is 10.1 Å². The highest BCUT2D eigenvalue weighted by Gasteiger charge is 2.15. The Morgan fingerprint density at radius 3 is 2.80 bits per heavy atom. The molecule has 1 heterocycles. The summed E-state index contributed by atoms with van der Waals surface area (Å²) in [6.45, 7) is 2.99. The number of nitrogens with zero attached hydrogens (tertiary/aromatic N) is 1. The fourth-order valence-electron chi connectivity index (χ4n) is 2.02. The molecule has 1 aliphatic carbocycles. The zero-order valence-electron chi connectivity index (χ0n) is 9.38. The number of nitrogens with one attached hydrogen (secondary N) is 1. The molecular weight excluding hydrogens is 208 g/mol. The first-order valence-corrected chi connectivity index (χ1v) is 6.35. The van der Waals surface area contributed by atoms with Crippen LogP contribution in [0, 0.1) is 6.92 Å². The van der Waals surface area contributed by atoms with Gasteiger partial charge in [0.2, 0.25) is 0 Å². The Morgan fingerprint density at radius 1 is 1.47 bits per heavy atom. The van der Waals surface area contributed by atoms with E-state index in [0.29, 0.717) is 0 Å². The van der Waals surface area contributed by atoms with Crippen molar-refractivity contribution in [1.29, 1.82) is 0 Å². The van der Waals surface area contributed by atoms with E-state index < -0.39 is 0 Å². The minimum absolute atomic E-state index is 0.720. The van der Waals surface area contributed by atoms with Crippen LogP contribution in [0.2, 0.25) is 0 Å². The smallest absolute Gasteiger partial charge is 0.273 e. The van der Waals surface area contributed by atoms with Crippen molar-refractivity contribution in [2.75, 3.05) is 7.11 Å². The van der Waals surface area contributed by atoms with E-state index >= 15 is 0 Å². The first kappa shape index (κ1) is 10.9. The van der Waals surface area contributed by atoms with Crippen LogP contribution in [-0.4, -0.2) is 18.1 Å². The molecule has 15 heavy (non-hydrogen) atoms. The number of aryl methyl sites for hydroxylation is 1. The third kappa shape index (κ3) is 2.69. The molecule has 0 saturated heterocycles. The molecule has 3 nitrogen and oxygen atoms in total. The molecule has 2 rings (SSSR count). The highest BCUT2D eigenvalue weighted by Crippen LogP contribution is 2.25. The SMILES string of the molecule is COc1nc(C)c(CNC2CCCC2)s1. The largest absolute Gasteiger partial charge is 0.473 e. The fraction of sp³-hybridized carbons (Fsp3) is 0.727. The van der Waals surface area contributed by atoms with Gasteiger partial charge in [-0.15, -0.1) is 0 Å². The molecule has 0 atom stereocenters. The zero-order chi connectivity index (χ0) is 10.7. The monoisotopic (exact) mass is 226 g/mol. The predicted molar refractivity (Wildman–Crippen MR) is 62.5 cm³/mol. The standard InChI is InChI=1S/C11H18N2OS/c1-8-10(15-11(13-8)14-2)7-12-9-5-3-4-6-9/h9,12H,3-7H2,1-2H3. The summed E-state index contributed by atoms with van der Waals surface area (Å²) in [5.41, 5.74) is 1.10. The Kier molecular flexibility index (Phi) is 3.59. The number of thiazole rings is 1. The number of aromatic nitrogens is 1. The number of hydrogen-bond acceptors (Lipinski definition) is 4. The van der Waals surface area contributed by atoms with Crippen LogP contribution in [0.25, 0.3) is 0 Å². The van der Waals surface area contributed by atoms with E-state index in [1.54, 1.807) is 18.4 Å². The van der Waals surface area contributed by atoms with E-state index in [1.807, 2.05) is 6.92 Å². The van der Waals surface area contributed by atoms with Crippen molar-refractivity contribution >= 4 is 11.3 Å². The Morgan fingerprint density at radius 2 is 2.20 bits per heavy atom. The van der Waals surface area contributed by atoms with E-state index in [2.05, 4.69) is 10.3 Å². The summed E-state index contributed by atoms with van der Waals surface area (Å²) in [5.74, 6) is 0. The molecule has 1 fully saturated rings. The second-order valence-electron chi connectivity index (χ2n) is 4.05. The van der Waals surface area contributed by atoms with Crippen molar-refractivity contribution in [1.82, 2.24) is 10.3 Å². The van der Waals surface area contributed by atoms with Gasteiger partial charge in [-0.1, -0.05) is 24.2 Å². The molecule has 4 heteroatoms. The summed E-state index contributed by atoms with van der Waals surface area (Å²) >= 11 is 1.65. The van der Waals surface area contributed by atoms with E-state index in [1.165, 1.54) is 30.6 Å². The number of hydrogen-bond donors (Lipinski definition) is 1. The topological polar surface area (TPSA) is 34.1 Å². The Balaban J connectivity index is 1.89. The van der Waals surface area contributed by atoms with Crippen molar-refractivity contribution in [2.24, 2.45) is 0 Å². The zero-order valence-corrected chi connectivity index (χ0v) is 10.2. The maximum atomic E-state index is 5.13. The maximum absolute atomic E-state index is 5.13. The molecule has 84 valence electrons. The van der Waals surface area contributed by atoms with Crippen LogP contribution in [0.15, 0.2) is 0 Å². The Hall–Kier alpha value is -0.610. The molecule has 0 spiro atoms. The first-order chi connectivity index (χ1) is 7.29. The third-order valence-corrected chi connectivity index (χ3v) is 4.07. The molecular formula is C11H18N2OS. The Labute approximate surface area is 94.9 Å². The highest BCUT2D eigenvalue weighted by molar-refractivity contribution is 7.13. The van der Waals surface area contributed by atoms with Crippen LogP contribution in [0.1, 0.15) is 36.3 Å². The molecule has 1 aliphatic rings. The molecule has 0 aliphatic heterocycles. The van der Waals surface area contributed by atoms with Gasteiger partial charge in [0.15, 0.2) is 0 Å². The lowest BCUT2D eigenvalue weighted by Crippen LogP contribution is -2.25. The van der Waals surface area contributed by atoms with Gasteiger partial charge in [0.05, 0.1) is 12.8 Å². The summed E-state index contributed by atoms with van der Waals surface area (Å²) in [6.07, 6.45) is 5.41. The molecule has 1 N–H and O–H groups in total. The fourth-order valence-corrected chi connectivity index (χ4v) is 2.85. The number of methoxy groups -OCH3 is 1. The lowest BCUT2D eigenvalue weighted by atomic mass is 10.2. The van der Waals surface area contributed by atoms with Crippen LogP contribution >= 0.6 is 11.3 Å². The average molecular weight is 226 g/mol. The minimum atomic E-state index is 0.720. The van der Waals surface area contributed by atoms with Crippen LogP contribution in [0.3, 0.4) is 0 Å². The molecule has 0 bridgehead atoms. The van der Waals surface area contributed by atoms with Gasteiger partial charge in [-0.25, -0.2) is 4.98 Å². The lowest BCUT2D eigenvalue weighted by Gasteiger charge is -2.10. The van der Waals surface area contributed by atoms with E-state index in [-0.39, 0.29) is 0 Å². The maximum Gasteiger partial charge on any atom is 0.273 e. The van der Waals surface area contributed by atoms with Gasteiger partial charge < -0.3 is 10.1 Å². The van der Waals surface area contributed by atoms with Crippen molar-refractivity contribution < 1.29 is 4.74 Å². The predicted octanol–water partition coefficient (Wildman–Crippen LogP) is 2.49. The van der Waals surface area contributed by atoms with Gasteiger partial charge in [0, 0.05) is 17.5 Å². The van der Waals surface area contributed by atoms with Gasteiger partial charge in [-0.3, -0.25) is 0 Å². The van der Waals surface area contributed by atoms with Crippen molar-refractivity contribution in [3.8, 4) is 5.19 Å². The molecule has 1 aromatic heterocycles. The third-order valence-electron chi connectivity index (χ3n) is 2.95. The summed E-state index contributed by atoms with van der Waals surface area (Å²) < 4.78 is 5.13. The van der Waals surface area contributed by atoms with Gasteiger partial charge in [-0.05, 0) is 19.8 Å². The normalized spacial score (nSPS) is 17.2. The first-order valence-electron chi connectivity index (χ1n) is 5.53. The summed E-state index contributed by atoms with van der Waals surface area (Å²) in [6, 6.07) is 0.720. The minimum Gasteiger partial charge on any atom is -0.473 e. The van der Waals surface area contributed by atoms with Gasteiger partial charge in [-0.2, -0.15) is 0 Å². The molecule has 0 unspecified atom stereocenters. The highest BCUT2D eigenvalue weighted by atomic mass is 32.1. The Bertz CT molecular complexity index is 318. The molecule has 1 saturated carbocycles. The molecule has 0 radical (unpaired) electrons. The second-order valence-corrected chi connectivity index (χ2v) is 5.10. The number of rotatable bonds is 4. The van der Waals surface area contributed by atoms with Crippen LogP contribution in [0.4, 0.5) is 0 Å². The van der Waals surface area contributed by atoms with Crippen molar-refractivity contribution in [3.05, 3.63) is 10.6 Å². The summed E-state index contributed by atoms with van der Waals surface area (Å²) in [5, 5.41) is 4.36. The molecule has 0 aromatic carbocycles. The quantitative estimate of drug-likeness (QED) is 0.856. The second kappa shape index (κ2) is 4.94. The number of ether oxygens (including phenoxy) is 1. The van der Waals surface area contributed by atoms with Gasteiger partial charge in [0.25, 0.3) is 5.19 Å².